The number of nitrogens with one attached hydrogen (secondary N) is 2. The van der Waals surface area contributed by atoms with Gasteiger partial charge in [0.05, 0.1) is 5.69 Å². The van der Waals surface area contributed by atoms with Gasteiger partial charge >= 0.3 is 12.5 Å². The van der Waals surface area contributed by atoms with Crippen molar-refractivity contribution in [3.05, 3.63) is 54.1 Å². The smallest absolute Gasteiger partial charge is 0.489 e. The summed E-state index contributed by atoms with van der Waals surface area (Å²) in [6.07, 6.45) is -6.31. The van der Waals surface area contributed by atoms with Crippen molar-refractivity contribution in [3.8, 4) is 11.5 Å². The van der Waals surface area contributed by atoms with Gasteiger partial charge in [0, 0.05) is 12.5 Å². The molecule has 0 fully saturated rings. The standard InChI is InChI=1S/C27H32F3N3O6/c1-16(2)33-20-11-7-9-13-22(20)37-15-19(24(33)35)31-23(34)18(32-25(36)39-26(3,4)5)14-17-10-6-8-12-21(17)38-27(28,29)30/h6-13,16,18-19H,14-15H2,1-5H3,(H,31,34)(H,32,36)/t18-,19-/m1/s1. The van der Waals surface area contributed by atoms with Gasteiger partial charge in [-0.3, -0.25) is 9.59 Å². The van der Waals surface area contributed by atoms with Crippen molar-refractivity contribution in [1.82, 2.24) is 10.6 Å². The number of hydrogen-bond donors (Lipinski definition) is 2. The molecule has 2 N–H and O–H groups in total. The van der Waals surface area contributed by atoms with Crippen molar-refractivity contribution in [2.45, 2.75) is 71.1 Å². The highest BCUT2D eigenvalue weighted by atomic mass is 19.4. The van der Waals surface area contributed by atoms with E-state index in [1.807, 2.05) is 13.8 Å². The molecule has 9 nitrogen and oxygen atoms in total. The number of anilines is 1. The van der Waals surface area contributed by atoms with E-state index in [1.54, 1.807) is 45.0 Å². The van der Waals surface area contributed by atoms with Crippen molar-refractivity contribution in [3.63, 3.8) is 0 Å². The molecule has 2 aromatic rings. The number of ether oxygens (including phenoxy) is 3. The zero-order valence-corrected chi connectivity index (χ0v) is 22.3. The molecule has 0 saturated carbocycles. The van der Waals surface area contributed by atoms with Gasteiger partial charge in [-0.15, -0.1) is 13.2 Å². The minimum atomic E-state index is -4.97. The Morgan fingerprint density at radius 2 is 1.72 bits per heavy atom. The quantitative estimate of drug-likeness (QED) is 0.531. The lowest BCUT2D eigenvalue weighted by Gasteiger charge is -2.29. The molecule has 212 valence electrons. The highest BCUT2D eigenvalue weighted by Crippen LogP contribution is 2.32. The molecule has 0 aliphatic carbocycles. The van der Waals surface area contributed by atoms with Crippen LogP contribution in [-0.2, 0) is 20.7 Å². The molecule has 0 bridgehead atoms. The Hall–Kier alpha value is -3.96. The zero-order chi connectivity index (χ0) is 29.0. The SMILES string of the molecule is CC(C)N1C(=O)[C@H](NC(=O)[C@@H](Cc2ccccc2OC(F)(F)F)NC(=O)OC(C)(C)C)COc2ccccc21. The van der Waals surface area contributed by atoms with Crippen LogP contribution >= 0.6 is 0 Å². The minimum Gasteiger partial charge on any atom is -0.489 e. The van der Waals surface area contributed by atoms with E-state index in [0.29, 0.717) is 11.4 Å². The molecule has 1 aliphatic heterocycles. The first-order valence-corrected chi connectivity index (χ1v) is 12.3. The lowest BCUT2D eigenvalue weighted by Crippen LogP contribution is -2.57. The monoisotopic (exact) mass is 551 g/mol. The van der Waals surface area contributed by atoms with Gasteiger partial charge in [0.2, 0.25) is 5.91 Å². The summed E-state index contributed by atoms with van der Waals surface area (Å²) >= 11 is 0. The Morgan fingerprint density at radius 3 is 2.36 bits per heavy atom. The summed E-state index contributed by atoms with van der Waals surface area (Å²) in [5.74, 6) is -1.33. The van der Waals surface area contributed by atoms with Crippen LogP contribution in [0.2, 0.25) is 0 Å². The number of rotatable bonds is 7. The van der Waals surface area contributed by atoms with Crippen LogP contribution in [0.1, 0.15) is 40.2 Å². The maximum atomic E-state index is 13.5. The molecule has 12 heteroatoms. The van der Waals surface area contributed by atoms with Gasteiger partial charge in [-0.2, -0.15) is 0 Å². The van der Waals surface area contributed by atoms with Crippen LogP contribution in [0.25, 0.3) is 0 Å². The fourth-order valence-corrected chi connectivity index (χ4v) is 3.99. The third kappa shape index (κ3) is 8.26. The Labute approximate surface area is 224 Å². The summed E-state index contributed by atoms with van der Waals surface area (Å²) in [7, 11) is 0. The number of alkyl carbamates (subject to hydrolysis) is 1. The molecule has 1 aliphatic rings. The number of amides is 3. The van der Waals surface area contributed by atoms with E-state index in [-0.39, 0.29) is 24.6 Å². The summed E-state index contributed by atoms with van der Waals surface area (Å²) < 4.78 is 54.1. The first-order chi connectivity index (χ1) is 18.1. The predicted molar refractivity (Wildman–Crippen MR) is 136 cm³/mol. The number of hydrogen-bond acceptors (Lipinski definition) is 6. The zero-order valence-electron chi connectivity index (χ0n) is 22.3. The third-order valence-electron chi connectivity index (χ3n) is 5.53. The highest BCUT2D eigenvalue weighted by molar-refractivity contribution is 6.02. The van der Waals surface area contributed by atoms with Crippen molar-refractivity contribution in [1.29, 1.82) is 0 Å². The minimum absolute atomic E-state index is 0.00527. The molecule has 0 saturated heterocycles. The maximum absolute atomic E-state index is 13.5. The molecule has 3 rings (SSSR count). The highest BCUT2D eigenvalue weighted by Gasteiger charge is 2.37. The van der Waals surface area contributed by atoms with Crippen LogP contribution in [0.3, 0.4) is 0 Å². The van der Waals surface area contributed by atoms with E-state index in [0.717, 1.165) is 6.07 Å². The molecule has 3 amide bonds. The Bertz CT molecular complexity index is 1200. The molecule has 0 aromatic heterocycles. The second-order valence-electron chi connectivity index (χ2n) is 10.2. The van der Waals surface area contributed by atoms with Gasteiger partial charge in [0.1, 0.15) is 35.8 Å². The van der Waals surface area contributed by atoms with Crippen LogP contribution in [0.15, 0.2) is 48.5 Å². The van der Waals surface area contributed by atoms with E-state index in [1.165, 1.54) is 23.1 Å². The Kier molecular flexibility index (Phi) is 8.98. The number of nitrogens with zero attached hydrogens (tertiary/aromatic N) is 1. The number of benzene rings is 2. The summed E-state index contributed by atoms with van der Waals surface area (Å²) in [4.78, 5) is 41.0. The van der Waals surface area contributed by atoms with Crippen molar-refractivity contribution in [2.24, 2.45) is 0 Å². The fourth-order valence-electron chi connectivity index (χ4n) is 3.99. The van der Waals surface area contributed by atoms with Crippen molar-refractivity contribution in [2.75, 3.05) is 11.5 Å². The van der Waals surface area contributed by atoms with E-state index in [9.17, 15) is 27.6 Å². The van der Waals surface area contributed by atoms with E-state index >= 15 is 0 Å². The lowest BCUT2D eigenvalue weighted by atomic mass is 10.0. The molecular formula is C27H32F3N3O6. The van der Waals surface area contributed by atoms with Crippen LogP contribution in [-0.4, -0.2) is 54.6 Å². The van der Waals surface area contributed by atoms with Crippen molar-refractivity contribution < 1.29 is 41.8 Å². The Balaban J connectivity index is 1.88. The van der Waals surface area contributed by atoms with Gasteiger partial charge in [-0.1, -0.05) is 30.3 Å². The number of carbonyl (C=O) groups excluding carboxylic acids is 3. The number of carbonyl (C=O) groups is 3. The second kappa shape index (κ2) is 11.8. The molecule has 2 aromatic carbocycles. The topological polar surface area (TPSA) is 106 Å². The molecule has 0 radical (unpaired) electrons. The third-order valence-corrected chi connectivity index (χ3v) is 5.53. The second-order valence-corrected chi connectivity index (χ2v) is 10.2. The lowest BCUT2D eigenvalue weighted by molar-refractivity contribution is -0.274. The maximum Gasteiger partial charge on any atom is 0.573 e. The van der Waals surface area contributed by atoms with E-state index in [2.05, 4.69) is 15.4 Å². The van der Waals surface area contributed by atoms with Gasteiger partial charge in [0.15, 0.2) is 0 Å². The predicted octanol–water partition coefficient (Wildman–Crippen LogP) is 4.34. The summed E-state index contributed by atoms with van der Waals surface area (Å²) in [6.45, 7) is 8.28. The van der Waals surface area contributed by atoms with E-state index in [4.69, 9.17) is 9.47 Å². The van der Waals surface area contributed by atoms with Crippen LogP contribution in [0.4, 0.5) is 23.7 Å². The number of fused-ring (bicyclic) bond motifs is 1. The number of alkyl halides is 3. The van der Waals surface area contributed by atoms with Gasteiger partial charge in [-0.05, 0) is 58.4 Å². The van der Waals surface area contributed by atoms with Gasteiger partial charge in [-0.25, -0.2) is 4.79 Å². The summed E-state index contributed by atoms with van der Waals surface area (Å²) in [5.41, 5.74) is -0.363. The summed E-state index contributed by atoms with van der Waals surface area (Å²) in [5, 5.41) is 5.00. The first-order valence-electron chi connectivity index (χ1n) is 12.3. The molecule has 1 heterocycles. The summed E-state index contributed by atoms with van der Waals surface area (Å²) in [6, 6.07) is 9.37. The number of para-hydroxylation sites is 3. The molecule has 0 spiro atoms. The normalized spacial score (nSPS) is 16.5. The van der Waals surface area contributed by atoms with Crippen LogP contribution in [0, 0.1) is 0 Å². The average molecular weight is 552 g/mol. The molecular weight excluding hydrogens is 519 g/mol. The van der Waals surface area contributed by atoms with Crippen molar-refractivity contribution >= 4 is 23.6 Å². The number of halogens is 3. The molecule has 0 unspecified atom stereocenters. The largest absolute Gasteiger partial charge is 0.573 e. The van der Waals surface area contributed by atoms with Gasteiger partial charge in [0.25, 0.3) is 5.91 Å². The van der Waals surface area contributed by atoms with Crippen LogP contribution < -0.4 is 25.0 Å². The fraction of sp³-hybridized carbons (Fsp3) is 0.444. The Morgan fingerprint density at radius 1 is 1.08 bits per heavy atom. The average Bonchev–Trinajstić information content (AvgIpc) is 2.94. The van der Waals surface area contributed by atoms with Gasteiger partial charge < -0.3 is 29.7 Å². The van der Waals surface area contributed by atoms with Crippen LogP contribution in [0.5, 0.6) is 11.5 Å². The molecule has 2 atom stereocenters. The molecule has 39 heavy (non-hydrogen) atoms. The van der Waals surface area contributed by atoms with E-state index < -0.39 is 47.7 Å². The first kappa shape index (κ1) is 29.6.